The Kier molecular flexibility index (Phi) is 16.5. The number of hydrogen-bond acceptors (Lipinski definition) is 4. The number of hydrogen-bond donors (Lipinski definition) is 2. The summed E-state index contributed by atoms with van der Waals surface area (Å²) in [5.41, 5.74) is 8.05. The number of benzene rings is 2. The smallest absolute Gasteiger partial charge is 0.406 e. The Morgan fingerprint density at radius 1 is 0.929 bits per heavy atom. The minimum absolute atomic E-state index is 0.361. The van der Waals surface area contributed by atoms with Crippen molar-refractivity contribution in [2.45, 2.75) is 32.6 Å². The van der Waals surface area contributed by atoms with E-state index in [-0.39, 0.29) is 11.3 Å². The highest BCUT2D eigenvalue weighted by Crippen LogP contribution is 2.01. The topological polar surface area (TPSA) is 81.4 Å². The summed E-state index contributed by atoms with van der Waals surface area (Å²) >= 11 is 4.64. The summed E-state index contributed by atoms with van der Waals surface area (Å²) in [6.07, 6.45) is 3.74. The second-order valence-corrected chi connectivity index (χ2v) is 6.39. The first-order chi connectivity index (χ1) is 13.5. The summed E-state index contributed by atoms with van der Waals surface area (Å²) in [4.78, 5) is 19.9. The van der Waals surface area contributed by atoms with Crippen LogP contribution in [-0.4, -0.2) is 31.5 Å². The molecule has 6 heteroatoms. The average molecular weight is 407 g/mol. The van der Waals surface area contributed by atoms with Crippen LogP contribution in [0, 0.1) is 0 Å². The molecule has 0 aliphatic heterocycles. The van der Waals surface area contributed by atoms with Gasteiger partial charge in [-0.15, -0.1) is 0 Å². The number of nitrogens with one attached hydrogen (secondary N) is 1. The normalized spacial score (nSPS) is 9.14. The van der Waals surface area contributed by atoms with Crippen molar-refractivity contribution in [1.82, 2.24) is 5.32 Å². The van der Waals surface area contributed by atoms with Crippen molar-refractivity contribution < 1.29 is 14.3 Å². The van der Waals surface area contributed by atoms with E-state index in [0.29, 0.717) is 6.54 Å². The average Bonchev–Trinajstić information content (AvgIpc) is 2.71. The van der Waals surface area contributed by atoms with Crippen LogP contribution in [0.5, 0.6) is 0 Å². The second-order valence-electron chi connectivity index (χ2n) is 5.86. The SMILES string of the molecule is CC(=O)Cl.COC(=O)NCCCc1ccccc1.NCCCc1ccccc1. The van der Waals surface area contributed by atoms with E-state index in [0.717, 1.165) is 32.2 Å². The van der Waals surface area contributed by atoms with Gasteiger partial charge >= 0.3 is 6.09 Å². The van der Waals surface area contributed by atoms with Gasteiger partial charge in [0, 0.05) is 13.5 Å². The van der Waals surface area contributed by atoms with Gasteiger partial charge in [-0.3, -0.25) is 4.79 Å². The van der Waals surface area contributed by atoms with Crippen molar-refractivity contribution in [3.05, 3.63) is 71.8 Å². The summed E-state index contributed by atoms with van der Waals surface area (Å²) in [6.45, 7) is 2.73. The molecule has 0 heterocycles. The van der Waals surface area contributed by atoms with Crippen LogP contribution in [-0.2, 0) is 22.4 Å². The third-order valence-electron chi connectivity index (χ3n) is 3.45. The fraction of sp³-hybridized carbons (Fsp3) is 0.364. The molecule has 0 fully saturated rings. The summed E-state index contributed by atoms with van der Waals surface area (Å²) < 4.78 is 4.45. The first-order valence-corrected chi connectivity index (χ1v) is 9.63. The molecule has 0 radical (unpaired) electrons. The Bertz CT molecular complexity index is 633. The molecular weight excluding hydrogens is 376 g/mol. The summed E-state index contributed by atoms with van der Waals surface area (Å²) in [6, 6.07) is 20.6. The van der Waals surface area contributed by atoms with Crippen molar-refractivity contribution in [3.8, 4) is 0 Å². The van der Waals surface area contributed by atoms with Crippen LogP contribution in [0.25, 0.3) is 0 Å². The van der Waals surface area contributed by atoms with Gasteiger partial charge in [0.05, 0.1) is 7.11 Å². The molecule has 0 atom stereocenters. The number of carbonyl (C=O) groups is 2. The van der Waals surface area contributed by atoms with Crippen molar-refractivity contribution in [3.63, 3.8) is 0 Å². The predicted octanol–water partition coefficient (Wildman–Crippen LogP) is 4.32. The Morgan fingerprint density at radius 3 is 1.75 bits per heavy atom. The van der Waals surface area contributed by atoms with Gasteiger partial charge in [-0.1, -0.05) is 60.7 Å². The number of ether oxygens (including phenoxy) is 1. The monoisotopic (exact) mass is 406 g/mol. The number of aryl methyl sites for hydroxylation is 2. The fourth-order valence-electron chi connectivity index (χ4n) is 2.15. The number of amides is 1. The number of rotatable bonds is 7. The molecule has 1 amide bonds. The standard InChI is InChI=1S/C11H15NO2.C9H13N.C2H3ClO/c1-14-11(13)12-9-5-8-10-6-3-2-4-7-10;10-8-4-7-9-5-2-1-3-6-9;1-2(3)4/h2-4,6-7H,5,8-9H2,1H3,(H,12,13);1-3,5-6H,4,7-8,10H2;1H3. The molecule has 0 aliphatic rings. The molecule has 2 rings (SSSR count). The van der Waals surface area contributed by atoms with Crippen LogP contribution in [0.4, 0.5) is 4.79 Å². The molecule has 0 spiro atoms. The lowest BCUT2D eigenvalue weighted by Gasteiger charge is -2.03. The molecule has 2 aromatic carbocycles. The van der Waals surface area contributed by atoms with Gasteiger partial charge in [0.1, 0.15) is 0 Å². The number of methoxy groups -OCH3 is 1. The largest absolute Gasteiger partial charge is 0.453 e. The first-order valence-electron chi connectivity index (χ1n) is 9.25. The van der Waals surface area contributed by atoms with Crippen LogP contribution in [0.15, 0.2) is 60.7 Å². The maximum absolute atomic E-state index is 10.7. The summed E-state index contributed by atoms with van der Waals surface area (Å²) in [5.74, 6) is 0. The fourth-order valence-corrected chi connectivity index (χ4v) is 2.15. The van der Waals surface area contributed by atoms with E-state index in [2.05, 4.69) is 58.1 Å². The van der Waals surface area contributed by atoms with Gasteiger partial charge in [-0.25, -0.2) is 4.79 Å². The van der Waals surface area contributed by atoms with Gasteiger partial charge in [0.15, 0.2) is 0 Å². The molecule has 0 bridgehead atoms. The Hall–Kier alpha value is -2.37. The van der Waals surface area contributed by atoms with Crippen molar-refractivity contribution in [2.75, 3.05) is 20.2 Å². The van der Waals surface area contributed by atoms with Crippen LogP contribution < -0.4 is 11.1 Å². The first kappa shape index (κ1) is 25.6. The van der Waals surface area contributed by atoms with E-state index in [1.54, 1.807) is 0 Å². The third kappa shape index (κ3) is 17.1. The molecular formula is C22H31ClN2O3. The highest BCUT2D eigenvalue weighted by atomic mass is 35.5. The Balaban J connectivity index is 0.000000454. The molecule has 5 nitrogen and oxygen atoms in total. The lowest BCUT2D eigenvalue weighted by Crippen LogP contribution is -2.24. The lowest BCUT2D eigenvalue weighted by atomic mass is 10.1. The van der Waals surface area contributed by atoms with E-state index in [9.17, 15) is 9.59 Å². The molecule has 2 aromatic rings. The zero-order valence-corrected chi connectivity index (χ0v) is 17.5. The van der Waals surface area contributed by atoms with E-state index < -0.39 is 0 Å². The van der Waals surface area contributed by atoms with E-state index in [1.165, 1.54) is 25.2 Å². The van der Waals surface area contributed by atoms with Crippen LogP contribution in [0.2, 0.25) is 0 Å². The number of halogens is 1. The van der Waals surface area contributed by atoms with E-state index >= 15 is 0 Å². The highest BCUT2D eigenvalue weighted by molar-refractivity contribution is 6.62. The van der Waals surface area contributed by atoms with Gasteiger partial charge in [0.2, 0.25) is 5.24 Å². The molecule has 0 saturated heterocycles. The molecule has 0 saturated carbocycles. The van der Waals surface area contributed by atoms with Gasteiger partial charge in [0.25, 0.3) is 0 Å². The zero-order valence-electron chi connectivity index (χ0n) is 16.7. The van der Waals surface area contributed by atoms with Crippen LogP contribution >= 0.6 is 11.6 Å². The maximum Gasteiger partial charge on any atom is 0.406 e. The van der Waals surface area contributed by atoms with Crippen LogP contribution in [0.3, 0.4) is 0 Å². The molecule has 154 valence electrons. The van der Waals surface area contributed by atoms with Crippen molar-refractivity contribution in [1.29, 1.82) is 0 Å². The summed E-state index contributed by atoms with van der Waals surface area (Å²) in [7, 11) is 1.37. The Labute approximate surface area is 173 Å². The zero-order chi connectivity index (χ0) is 21.0. The summed E-state index contributed by atoms with van der Waals surface area (Å²) in [5, 5.41) is 2.28. The second kappa shape index (κ2) is 18.0. The number of carbonyl (C=O) groups excluding carboxylic acids is 2. The van der Waals surface area contributed by atoms with E-state index in [4.69, 9.17) is 5.73 Å². The molecule has 0 aliphatic carbocycles. The Morgan fingerprint density at radius 2 is 1.36 bits per heavy atom. The van der Waals surface area contributed by atoms with Gasteiger partial charge in [-0.05, 0) is 55.0 Å². The van der Waals surface area contributed by atoms with E-state index in [1.807, 2.05) is 24.3 Å². The number of nitrogens with two attached hydrogens (primary N) is 1. The van der Waals surface area contributed by atoms with Crippen LogP contribution in [0.1, 0.15) is 30.9 Å². The van der Waals surface area contributed by atoms with Crippen molar-refractivity contribution in [2.24, 2.45) is 5.73 Å². The quantitative estimate of drug-likeness (QED) is 0.529. The minimum Gasteiger partial charge on any atom is -0.453 e. The molecule has 0 aromatic heterocycles. The number of alkyl carbamates (subject to hydrolysis) is 1. The minimum atomic E-state index is -0.363. The molecule has 28 heavy (non-hydrogen) atoms. The molecule has 0 unspecified atom stereocenters. The predicted molar refractivity (Wildman–Crippen MR) is 116 cm³/mol. The van der Waals surface area contributed by atoms with Gasteiger partial charge in [-0.2, -0.15) is 0 Å². The maximum atomic E-state index is 10.7. The van der Waals surface area contributed by atoms with Crippen molar-refractivity contribution >= 4 is 22.9 Å². The molecule has 3 N–H and O–H groups in total. The highest BCUT2D eigenvalue weighted by Gasteiger charge is 1.96. The van der Waals surface area contributed by atoms with Gasteiger partial charge < -0.3 is 15.8 Å². The third-order valence-corrected chi connectivity index (χ3v) is 3.45. The lowest BCUT2D eigenvalue weighted by molar-refractivity contribution is -0.109.